The summed E-state index contributed by atoms with van der Waals surface area (Å²) in [5, 5.41) is 12.4. The molecule has 3 nitrogen and oxygen atoms in total. The molecule has 0 spiro atoms. The SMILES string of the molecule is CCCC(C)CC1(C(=O)O)CCCN1. The predicted octanol–water partition coefficient (Wildman–Crippen LogP) is 2.02. The van der Waals surface area contributed by atoms with Crippen molar-refractivity contribution < 1.29 is 9.90 Å². The number of carbonyl (C=O) groups is 1. The number of aliphatic carboxylic acids is 1. The molecule has 1 aliphatic rings. The Labute approximate surface area is 85.9 Å². The van der Waals surface area contributed by atoms with E-state index in [-0.39, 0.29) is 0 Å². The highest BCUT2D eigenvalue weighted by Gasteiger charge is 2.41. The van der Waals surface area contributed by atoms with Gasteiger partial charge in [-0.05, 0) is 31.7 Å². The molecule has 0 aliphatic carbocycles. The van der Waals surface area contributed by atoms with Crippen molar-refractivity contribution in [2.75, 3.05) is 6.54 Å². The monoisotopic (exact) mass is 199 g/mol. The molecular formula is C11H21NO2. The van der Waals surface area contributed by atoms with E-state index < -0.39 is 11.5 Å². The van der Waals surface area contributed by atoms with Crippen LogP contribution in [-0.4, -0.2) is 23.2 Å². The molecule has 0 saturated carbocycles. The van der Waals surface area contributed by atoms with E-state index in [1.807, 2.05) is 0 Å². The van der Waals surface area contributed by atoms with Crippen molar-refractivity contribution >= 4 is 5.97 Å². The zero-order valence-electron chi connectivity index (χ0n) is 9.18. The Balaban J connectivity index is 2.55. The van der Waals surface area contributed by atoms with Crippen LogP contribution in [0.2, 0.25) is 0 Å². The van der Waals surface area contributed by atoms with Gasteiger partial charge in [-0.1, -0.05) is 26.7 Å². The molecule has 0 radical (unpaired) electrons. The lowest BCUT2D eigenvalue weighted by Crippen LogP contribution is -2.48. The summed E-state index contributed by atoms with van der Waals surface area (Å²) in [5.74, 6) is -0.167. The lowest BCUT2D eigenvalue weighted by atomic mass is 9.85. The Hall–Kier alpha value is -0.570. The van der Waals surface area contributed by atoms with Gasteiger partial charge in [0.2, 0.25) is 0 Å². The maximum atomic E-state index is 11.2. The highest BCUT2D eigenvalue weighted by atomic mass is 16.4. The zero-order chi connectivity index (χ0) is 10.6. The Morgan fingerprint density at radius 3 is 2.79 bits per heavy atom. The van der Waals surface area contributed by atoms with Crippen LogP contribution in [0, 0.1) is 5.92 Å². The van der Waals surface area contributed by atoms with Gasteiger partial charge >= 0.3 is 5.97 Å². The van der Waals surface area contributed by atoms with Crippen LogP contribution in [0.15, 0.2) is 0 Å². The lowest BCUT2D eigenvalue weighted by molar-refractivity contribution is -0.145. The molecule has 2 N–H and O–H groups in total. The van der Waals surface area contributed by atoms with Gasteiger partial charge in [-0.15, -0.1) is 0 Å². The van der Waals surface area contributed by atoms with Gasteiger partial charge in [-0.25, -0.2) is 0 Å². The fraction of sp³-hybridized carbons (Fsp3) is 0.909. The third kappa shape index (κ3) is 2.47. The molecule has 2 unspecified atom stereocenters. The molecule has 1 aliphatic heterocycles. The number of hydrogen-bond donors (Lipinski definition) is 2. The lowest BCUT2D eigenvalue weighted by Gasteiger charge is -2.27. The molecule has 0 aromatic carbocycles. The van der Waals surface area contributed by atoms with Gasteiger partial charge in [0, 0.05) is 0 Å². The first-order chi connectivity index (χ1) is 6.60. The van der Waals surface area contributed by atoms with Gasteiger partial charge in [-0.3, -0.25) is 4.79 Å². The minimum absolute atomic E-state index is 0.502. The van der Waals surface area contributed by atoms with E-state index in [1.54, 1.807) is 0 Å². The van der Waals surface area contributed by atoms with Gasteiger partial charge in [0.05, 0.1) is 0 Å². The third-order valence-corrected chi connectivity index (χ3v) is 3.13. The Morgan fingerprint density at radius 2 is 2.36 bits per heavy atom. The maximum absolute atomic E-state index is 11.2. The van der Waals surface area contributed by atoms with Crippen molar-refractivity contribution in [3.63, 3.8) is 0 Å². The largest absolute Gasteiger partial charge is 0.480 e. The number of nitrogens with one attached hydrogen (secondary N) is 1. The summed E-state index contributed by atoms with van der Waals surface area (Å²) in [7, 11) is 0. The standard InChI is InChI=1S/C11H21NO2/c1-3-5-9(2)8-11(10(13)14)6-4-7-12-11/h9,12H,3-8H2,1-2H3,(H,13,14). The van der Waals surface area contributed by atoms with Crippen molar-refractivity contribution in [2.45, 2.75) is 51.5 Å². The molecule has 0 bridgehead atoms. The molecule has 82 valence electrons. The normalized spacial score (nSPS) is 29.0. The summed E-state index contributed by atoms with van der Waals surface area (Å²) >= 11 is 0. The minimum atomic E-state index is -0.669. The average Bonchev–Trinajstić information content (AvgIpc) is 2.54. The summed E-state index contributed by atoms with van der Waals surface area (Å²) in [5.41, 5.74) is -0.616. The Bertz CT molecular complexity index is 197. The van der Waals surface area contributed by atoms with Crippen LogP contribution >= 0.6 is 0 Å². The smallest absolute Gasteiger partial charge is 0.323 e. The van der Waals surface area contributed by atoms with Crippen molar-refractivity contribution in [3.8, 4) is 0 Å². The number of carboxylic acid groups (broad SMARTS) is 1. The van der Waals surface area contributed by atoms with Gasteiger partial charge < -0.3 is 10.4 Å². The van der Waals surface area contributed by atoms with Crippen molar-refractivity contribution in [1.29, 1.82) is 0 Å². The molecule has 0 aromatic heterocycles. The van der Waals surface area contributed by atoms with Crippen LogP contribution in [0.5, 0.6) is 0 Å². The molecule has 0 aromatic rings. The fourth-order valence-corrected chi connectivity index (χ4v) is 2.44. The average molecular weight is 199 g/mol. The first kappa shape index (κ1) is 11.5. The van der Waals surface area contributed by atoms with Gasteiger partial charge in [0.25, 0.3) is 0 Å². The van der Waals surface area contributed by atoms with Crippen LogP contribution in [0.4, 0.5) is 0 Å². The van der Waals surface area contributed by atoms with E-state index in [1.165, 1.54) is 0 Å². The van der Waals surface area contributed by atoms with Crippen molar-refractivity contribution in [1.82, 2.24) is 5.32 Å². The molecule has 3 heteroatoms. The van der Waals surface area contributed by atoms with Crippen LogP contribution < -0.4 is 5.32 Å². The van der Waals surface area contributed by atoms with Crippen molar-refractivity contribution in [3.05, 3.63) is 0 Å². The quantitative estimate of drug-likeness (QED) is 0.712. The van der Waals surface area contributed by atoms with Crippen LogP contribution in [0.3, 0.4) is 0 Å². The summed E-state index contributed by atoms with van der Waals surface area (Å²) < 4.78 is 0. The van der Waals surface area contributed by atoms with Gasteiger partial charge in [0.1, 0.15) is 5.54 Å². The summed E-state index contributed by atoms with van der Waals surface area (Å²) in [6, 6.07) is 0. The van der Waals surface area contributed by atoms with Gasteiger partial charge in [0.15, 0.2) is 0 Å². The van der Waals surface area contributed by atoms with Crippen molar-refractivity contribution in [2.24, 2.45) is 5.92 Å². The topological polar surface area (TPSA) is 49.3 Å². The second-order valence-corrected chi connectivity index (χ2v) is 4.52. The molecule has 14 heavy (non-hydrogen) atoms. The van der Waals surface area contributed by atoms with Gasteiger partial charge in [-0.2, -0.15) is 0 Å². The molecule has 0 amide bonds. The molecule has 2 atom stereocenters. The minimum Gasteiger partial charge on any atom is -0.480 e. The molecular weight excluding hydrogens is 178 g/mol. The number of carboxylic acids is 1. The van der Waals surface area contributed by atoms with E-state index >= 15 is 0 Å². The molecule has 1 heterocycles. The highest BCUT2D eigenvalue weighted by molar-refractivity contribution is 5.79. The van der Waals surface area contributed by atoms with Crippen LogP contribution in [-0.2, 0) is 4.79 Å². The third-order valence-electron chi connectivity index (χ3n) is 3.13. The first-order valence-corrected chi connectivity index (χ1v) is 5.59. The zero-order valence-corrected chi connectivity index (χ0v) is 9.18. The first-order valence-electron chi connectivity index (χ1n) is 5.59. The second-order valence-electron chi connectivity index (χ2n) is 4.52. The Kier molecular flexibility index (Phi) is 3.93. The van der Waals surface area contributed by atoms with E-state index in [9.17, 15) is 9.90 Å². The summed E-state index contributed by atoms with van der Waals surface area (Å²) in [6.45, 7) is 5.14. The number of rotatable bonds is 5. The molecule has 1 saturated heterocycles. The highest BCUT2D eigenvalue weighted by Crippen LogP contribution is 2.28. The van der Waals surface area contributed by atoms with E-state index in [0.717, 1.165) is 38.6 Å². The second kappa shape index (κ2) is 4.78. The predicted molar refractivity (Wildman–Crippen MR) is 56.3 cm³/mol. The molecule has 1 fully saturated rings. The summed E-state index contributed by atoms with van der Waals surface area (Å²) in [6.07, 6.45) is 4.81. The van der Waals surface area contributed by atoms with E-state index in [0.29, 0.717) is 5.92 Å². The van der Waals surface area contributed by atoms with E-state index in [4.69, 9.17) is 0 Å². The van der Waals surface area contributed by atoms with Crippen LogP contribution in [0.1, 0.15) is 46.0 Å². The summed E-state index contributed by atoms with van der Waals surface area (Å²) in [4.78, 5) is 11.2. The van der Waals surface area contributed by atoms with Crippen LogP contribution in [0.25, 0.3) is 0 Å². The van der Waals surface area contributed by atoms with E-state index in [2.05, 4.69) is 19.2 Å². The number of hydrogen-bond acceptors (Lipinski definition) is 2. The Morgan fingerprint density at radius 1 is 1.64 bits per heavy atom. The maximum Gasteiger partial charge on any atom is 0.323 e. The molecule has 1 rings (SSSR count). The fourth-order valence-electron chi connectivity index (χ4n) is 2.44.